The highest BCUT2D eigenvalue weighted by atomic mass is 16.5. The molecule has 1 aliphatic heterocycles. The monoisotopic (exact) mass is 436 g/mol. The van der Waals surface area contributed by atoms with Crippen LogP contribution in [0.1, 0.15) is 30.1 Å². The third-order valence-corrected chi connectivity index (χ3v) is 4.99. The molecule has 0 unspecified atom stereocenters. The average molecular weight is 436 g/mol. The number of hydrogen-bond donors (Lipinski definition) is 3. The van der Waals surface area contributed by atoms with Crippen molar-refractivity contribution in [2.45, 2.75) is 24.5 Å². The van der Waals surface area contributed by atoms with Crippen molar-refractivity contribution in [2.24, 2.45) is 15.9 Å². The number of nitrogens with zero attached hydrogens (tertiary/aromatic N) is 4. The summed E-state index contributed by atoms with van der Waals surface area (Å²) in [4.78, 5) is 20.5. The number of nitrogens with one attached hydrogen (secondary N) is 1. The molecule has 0 aliphatic carbocycles. The lowest BCUT2D eigenvalue weighted by Gasteiger charge is -2.29. The highest BCUT2D eigenvalue weighted by molar-refractivity contribution is 6.01. The van der Waals surface area contributed by atoms with Crippen LogP contribution in [-0.2, 0) is 9.53 Å². The van der Waals surface area contributed by atoms with Crippen molar-refractivity contribution in [3.8, 4) is 5.75 Å². The average Bonchev–Trinajstić information content (AvgIpc) is 3.20. The molecular formula is C22H24N6O4. The Morgan fingerprint density at radius 1 is 1.38 bits per heavy atom. The summed E-state index contributed by atoms with van der Waals surface area (Å²) in [5, 5.41) is 12.6. The molecule has 2 atom stereocenters. The standard InChI is InChI=1S/C22H24N6O4/c1-2-12-22(21(30)26-23)19(17-6-3-4-7-18(17)27-28-24)32-20(25-22)15-8-10-16(11-9-15)31-14-5-13-29/h2-4,6-11,19,29H,1,5,12-14,23H2,(H,26,30)/t19-,22-/m0/s1. The van der Waals surface area contributed by atoms with E-state index in [1.54, 1.807) is 54.6 Å². The molecule has 10 heteroatoms. The molecule has 166 valence electrons. The molecule has 4 N–H and O–H groups in total. The fourth-order valence-corrected chi connectivity index (χ4v) is 3.49. The topological polar surface area (TPSA) is 155 Å². The van der Waals surface area contributed by atoms with E-state index < -0.39 is 17.6 Å². The highest BCUT2D eigenvalue weighted by Crippen LogP contribution is 2.45. The van der Waals surface area contributed by atoms with Gasteiger partial charge in [-0.1, -0.05) is 35.5 Å². The van der Waals surface area contributed by atoms with E-state index in [1.807, 2.05) is 0 Å². The summed E-state index contributed by atoms with van der Waals surface area (Å²) in [7, 11) is 0. The summed E-state index contributed by atoms with van der Waals surface area (Å²) < 4.78 is 11.7. The number of rotatable bonds is 10. The van der Waals surface area contributed by atoms with Crippen LogP contribution in [0.3, 0.4) is 0 Å². The molecule has 0 saturated heterocycles. The van der Waals surface area contributed by atoms with Gasteiger partial charge in [-0.3, -0.25) is 10.2 Å². The summed E-state index contributed by atoms with van der Waals surface area (Å²) in [6.45, 7) is 4.20. The van der Waals surface area contributed by atoms with Crippen molar-refractivity contribution in [3.63, 3.8) is 0 Å². The molecule has 0 radical (unpaired) electrons. The van der Waals surface area contributed by atoms with Gasteiger partial charge in [-0.25, -0.2) is 10.8 Å². The number of nitrogens with two attached hydrogens (primary N) is 1. The van der Waals surface area contributed by atoms with Crippen LogP contribution in [0.5, 0.6) is 5.75 Å². The molecule has 1 aliphatic rings. The number of azide groups is 1. The minimum atomic E-state index is -1.44. The summed E-state index contributed by atoms with van der Waals surface area (Å²) in [6, 6.07) is 13.8. The third kappa shape index (κ3) is 4.57. The van der Waals surface area contributed by atoms with Crippen LogP contribution in [0.4, 0.5) is 5.69 Å². The summed E-state index contributed by atoms with van der Waals surface area (Å²) in [5.41, 5.74) is 11.1. The molecule has 32 heavy (non-hydrogen) atoms. The van der Waals surface area contributed by atoms with Crippen molar-refractivity contribution in [1.82, 2.24) is 5.43 Å². The van der Waals surface area contributed by atoms with E-state index >= 15 is 0 Å². The molecule has 2 aromatic rings. The number of benzene rings is 2. The van der Waals surface area contributed by atoms with Crippen LogP contribution in [-0.4, -0.2) is 35.7 Å². The summed E-state index contributed by atoms with van der Waals surface area (Å²) in [6.07, 6.45) is 1.33. The number of hydrazine groups is 1. The van der Waals surface area contributed by atoms with Gasteiger partial charge in [0.15, 0.2) is 11.6 Å². The second kappa shape index (κ2) is 10.5. The second-order valence-electron chi connectivity index (χ2n) is 7.00. The first kappa shape index (κ1) is 22.8. The quantitative estimate of drug-likeness (QED) is 0.0762. The minimum Gasteiger partial charge on any atom is -0.494 e. The number of amides is 1. The molecule has 0 saturated carbocycles. The van der Waals surface area contributed by atoms with Gasteiger partial charge in [0.1, 0.15) is 5.75 Å². The van der Waals surface area contributed by atoms with Gasteiger partial charge in [0.2, 0.25) is 5.90 Å². The Hall–Kier alpha value is -3.85. The Kier molecular flexibility index (Phi) is 7.45. The van der Waals surface area contributed by atoms with Gasteiger partial charge >= 0.3 is 0 Å². The van der Waals surface area contributed by atoms with Crippen molar-refractivity contribution >= 4 is 17.5 Å². The zero-order valence-corrected chi connectivity index (χ0v) is 17.3. The Morgan fingerprint density at radius 3 is 2.78 bits per heavy atom. The summed E-state index contributed by atoms with van der Waals surface area (Å²) in [5.74, 6) is 5.80. The van der Waals surface area contributed by atoms with E-state index in [2.05, 4.69) is 27.0 Å². The first-order chi connectivity index (χ1) is 15.6. The first-order valence-electron chi connectivity index (χ1n) is 9.96. The molecule has 0 fully saturated rings. The van der Waals surface area contributed by atoms with Gasteiger partial charge in [-0.15, -0.1) is 6.58 Å². The smallest absolute Gasteiger partial charge is 0.266 e. The largest absolute Gasteiger partial charge is 0.494 e. The predicted octanol–water partition coefficient (Wildman–Crippen LogP) is 3.21. The molecule has 2 aromatic carbocycles. The zero-order valence-electron chi connectivity index (χ0n) is 17.3. The van der Waals surface area contributed by atoms with Crippen molar-refractivity contribution < 1.29 is 19.4 Å². The highest BCUT2D eigenvalue weighted by Gasteiger charge is 2.52. The summed E-state index contributed by atoms with van der Waals surface area (Å²) >= 11 is 0. The SMILES string of the molecule is C=CC[C@]1(C(=O)NN)N=C(c2ccc(OCCCO)cc2)O[C@H]1c1ccccc1N=[N+]=[N-]. The van der Waals surface area contributed by atoms with E-state index in [4.69, 9.17) is 26.0 Å². The fraction of sp³-hybridized carbons (Fsp3) is 0.273. The van der Waals surface area contributed by atoms with E-state index in [-0.39, 0.29) is 18.9 Å². The van der Waals surface area contributed by atoms with Gasteiger partial charge in [-0.2, -0.15) is 0 Å². The van der Waals surface area contributed by atoms with Crippen LogP contribution in [0, 0.1) is 0 Å². The second-order valence-corrected chi connectivity index (χ2v) is 7.00. The first-order valence-corrected chi connectivity index (χ1v) is 9.96. The Morgan fingerprint density at radius 2 is 2.12 bits per heavy atom. The number of aliphatic hydroxyl groups is 1. The normalized spacial score (nSPS) is 19.3. The molecule has 1 heterocycles. The Balaban J connectivity index is 2.03. The van der Waals surface area contributed by atoms with Crippen LogP contribution in [0.15, 0.2) is 71.3 Å². The maximum atomic E-state index is 12.9. The molecule has 1 amide bonds. The number of carbonyl (C=O) groups excluding carboxylic acids is 1. The molecular weight excluding hydrogens is 412 g/mol. The third-order valence-electron chi connectivity index (χ3n) is 4.99. The van der Waals surface area contributed by atoms with E-state index in [1.165, 1.54) is 0 Å². The maximum absolute atomic E-state index is 12.9. The Bertz CT molecular complexity index is 1050. The van der Waals surface area contributed by atoms with Gasteiger partial charge in [0, 0.05) is 41.2 Å². The number of aliphatic hydroxyl groups excluding tert-OH is 1. The molecule has 0 aromatic heterocycles. The lowest BCUT2D eigenvalue weighted by Crippen LogP contribution is -2.50. The number of ether oxygens (including phenoxy) is 2. The van der Waals surface area contributed by atoms with E-state index in [0.29, 0.717) is 35.6 Å². The van der Waals surface area contributed by atoms with Gasteiger partial charge < -0.3 is 14.6 Å². The molecule has 0 spiro atoms. The van der Waals surface area contributed by atoms with Crippen LogP contribution in [0.2, 0.25) is 0 Å². The van der Waals surface area contributed by atoms with Crippen molar-refractivity contribution in [1.29, 1.82) is 0 Å². The van der Waals surface area contributed by atoms with Gasteiger partial charge in [0.05, 0.1) is 6.61 Å². The van der Waals surface area contributed by atoms with Crippen LogP contribution >= 0.6 is 0 Å². The number of hydrogen-bond acceptors (Lipinski definition) is 7. The van der Waals surface area contributed by atoms with Gasteiger partial charge in [0.25, 0.3) is 5.91 Å². The van der Waals surface area contributed by atoms with Crippen molar-refractivity contribution in [3.05, 3.63) is 82.8 Å². The van der Waals surface area contributed by atoms with Gasteiger partial charge in [-0.05, 0) is 29.8 Å². The van der Waals surface area contributed by atoms with Crippen LogP contribution in [0.25, 0.3) is 10.4 Å². The number of carbonyl (C=O) groups is 1. The molecule has 0 bridgehead atoms. The number of aliphatic imine (C=N–C) groups is 1. The van der Waals surface area contributed by atoms with E-state index in [0.717, 1.165) is 0 Å². The predicted molar refractivity (Wildman–Crippen MR) is 119 cm³/mol. The minimum absolute atomic E-state index is 0.0516. The fourth-order valence-electron chi connectivity index (χ4n) is 3.49. The van der Waals surface area contributed by atoms with E-state index in [9.17, 15) is 4.79 Å². The Labute approximate surface area is 185 Å². The lowest BCUT2D eigenvalue weighted by molar-refractivity contribution is -0.128. The molecule has 10 nitrogen and oxygen atoms in total. The zero-order chi connectivity index (χ0) is 23.0. The lowest BCUT2D eigenvalue weighted by atomic mass is 9.84. The maximum Gasteiger partial charge on any atom is 0.266 e. The van der Waals surface area contributed by atoms with Crippen LogP contribution < -0.4 is 16.0 Å². The van der Waals surface area contributed by atoms with Crippen molar-refractivity contribution in [2.75, 3.05) is 13.2 Å². The molecule has 3 rings (SSSR count).